The molecule has 2 aromatic carbocycles. The summed E-state index contributed by atoms with van der Waals surface area (Å²) >= 11 is 0. The van der Waals surface area contributed by atoms with Crippen molar-refractivity contribution in [3.8, 4) is 28.7 Å². The molecular formula is C22H19F3O7. The monoisotopic (exact) mass is 452 g/mol. The first-order valence-electron chi connectivity index (χ1n) is 9.82. The maximum absolute atomic E-state index is 15.5. The summed E-state index contributed by atoms with van der Waals surface area (Å²) in [5.41, 5.74) is 1.02. The fraction of sp³-hybridized carbons (Fsp3) is 0.409. The first kappa shape index (κ1) is 20.6. The van der Waals surface area contributed by atoms with Crippen LogP contribution in [0.25, 0.3) is 0 Å². The molecule has 2 heterocycles. The lowest BCUT2D eigenvalue weighted by molar-refractivity contribution is -0.286. The molecule has 0 saturated carbocycles. The van der Waals surface area contributed by atoms with E-state index in [9.17, 15) is 13.6 Å². The average Bonchev–Trinajstić information content (AvgIpc) is 3.29. The van der Waals surface area contributed by atoms with Crippen molar-refractivity contribution in [1.82, 2.24) is 0 Å². The topological polar surface area (TPSA) is 72.5 Å². The molecule has 0 aromatic heterocycles. The van der Waals surface area contributed by atoms with E-state index in [0.29, 0.717) is 28.4 Å². The zero-order chi connectivity index (χ0) is 22.8. The van der Waals surface area contributed by atoms with Gasteiger partial charge < -0.3 is 28.4 Å². The van der Waals surface area contributed by atoms with Crippen LogP contribution in [0.3, 0.4) is 0 Å². The van der Waals surface area contributed by atoms with Crippen LogP contribution in [0.5, 0.6) is 28.7 Å². The van der Waals surface area contributed by atoms with Gasteiger partial charge in [0.15, 0.2) is 23.0 Å². The minimum atomic E-state index is -3.85. The summed E-state index contributed by atoms with van der Waals surface area (Å²) in [6.07, 6.45) is -5.46. The number of fused-ring (bicyclic) bond motifs is 3. The summed E-state index contributed by atoms with van der Waals surface area (Å²) < 4.78 is 73.3. The Kier molecular flexibility index (Phi) is 4.58. The summed E-state index contributed by atoms with van der Waals surface area (Å²) in [5.74, 6) is -2.44. The van der Waals surface area contributed by atoms with Crippen LogP contribution < -0.4 is 23.7 Å². The highest BCUT2D eigenvalue weighted by atomic mass is 19.3. The number of methoxy groups -OCH3 is 3. The van der Waals surface area contributed by atoms with Gasteiger partial charge in [-0.15, -0.1) is 8.78 Å². The van der Waals surface area contributed by atoms with Crippen LogP contribution in [0.15, 0.2) is 24.3 Å². The van der Waals surface area contributed by atoms with Crippen molar-refractivity contribution in [2.45, 2.75) is 18.4 Å². The molecule has 3 aliphatic rings. The molecule has 0 N–H and O–H groups in total. The van der Waals surface area contributed by atoms with Crippen LogP contribution in [0.4, 0.5) is 13.2 Å². The van der Waals surface area contributed by atoms with Gasteiger partial charge in [-0.05, 0) is 41.0 Å². The molecule has 32 heavy (non-hydrogen) atoms. The molecule has 2 aliphatic heterocycles. The average molecular weight is 452 g/mol. The number of hydrogen-bond donors (Lipinski definition) is 0. The van der Waals surface area contributed by atoms with Gasteiger partial charge in [-0.1, -0.05) is 0 Å². The largest absolute Gasteiger partial charge is 0.586 e. The molecule has 10 heteroatoms. The van der Waals surface area contributed by atoms with E-state index in [0.717, 1.165) is 0 Å². The number of alkyl halides is 3. The van der Waals surface area contributed by atoms with Gasteiger partial charge in [-0.25, -0.2) is 4.39 Å². The Bertz CT molecular complexity index is 1080. The smallest absolute Gasteiger partial charge is 0.493 e. The fourth-order valence-electron chi connectivity index (χ4n) is 4.83. The number of halogens is 3. The lowest BCUT2D eigenvalue weighted by Gasteiger charge is -2.36. The van der Waals surface area contributed by atoms with Gasteiger partial charge in [0.05, 0.1) is 33.9 Å². The predicted octanol–water partition coefficient (Wildman–Crippen LogP) is 3.98. The van der Waals surface area contributed by atoms with E-state index >= 15 is 4.39 Å². The molecule has 0 radical (unpaired) electrons. The third-order valence-electron chi connectivity index (χ3n) is 6.17. The summed E-state index contributed by atoms with van der Waals surface area (Å²) in [7, 11) is 4.34. The van der Waals surface area contributed by atoms with E-state index in [1.807, 2.05) is 0 Å². The Hall–Kier alpha value is -3.30. The standard InChI is InChI=1S/C22H19F3O7/c1-27-15-4-9(5-16(28-2)20(15)29-3)17-10-6-13-14(32-22(24,25)31-13)7-11(10)19(23)12-8-30-21(26)18(12)17/h4-7,12,17-19H,8H2,1-3H3/t12-,17+,18+,19+/m0/s1. The molecule has 2 aromatic rings. The van der Waals surface area contributed by atoms with Crippen LogP contribution in [0, 0.1) is 11.8 Å². The molecule has 0 amide bonds. The van der Waals surface area contributed by atoms with E-state index < -0.39 is 36.2 Å². The number of hydrogen-bond acceptors (Lipinski definition) is 7. The Morgan fingerprint density at radius 1 is 0.938 bits per heavy atom. The number of cyclic esters (lactones) is 1. The summed E-state index contributed by atoms with van der Waals surface area (Å²) in [5, 5.41) is 0. The first-order valence-corrected chi connectivity index (χ1v) is 9.82. The van der Waals surface area contributed by atoms with Crippen LogP contribution in [0.2, 0.25) is 0 Å². The summed E-state index contributed by atoms with van der Waals surface area (Å²) in [4.78, 5) is 12.7. The molecule has 1 fully saturated rings. The van der Waals surface area contributed by atoms with Gasteiger partial charge in [0.25, 0.3) is 0 Å². The number of benzene rings is 2. The lowest BCUT2D eigenvalue weighted by Crippen LogP contribution is -2.33. The second kappa shape index (κ2) is 7.11. The lowest BCUT2D eigenvalue weighted by atomic mass is 9.66. The SMILES string of the molecule is COc1cc([C@@H]2c3cc4c(cc3[C@@H](F)[C@H]3COC(=O)[C@@H]23)OC(F)(F)O4)cc(OC)c1OC. The number of carbonyl (C=O) groups excluding carboxylic acids is 1. The maximum atomic E-state index is 15.5. The molecular weight excluding hydrogens is 433 g/mol. The van der Waals surface area contributed by atoms with Crippen molar-refractivity contribution >= 4 is 5.97 Å². The Morgan fingerprint density at radius 2 is 1.53 bits per heavy atom. The molecule has 1 aliphatic carbocycles. The molecule has 0 bridgehead atoms. The number of rotatable bonds is 4. The van der Waals surface area contributed by atoms with Crippen LogP contribution in [-0.2, 0) is 9.53 Å². The molecule has 5 rings (SSSR count). The second-order valence-electron chi connectivity index (χ2n) is 7.75. The van der Waals surface area contributed by atoms with Gasteiger partial charge in [0, 0.05) is 11.8 Å². The highest BCUT2D eigenvalue weighted by Crippen LogP contribution is 2.57. The Balaban J connectivity index is 1.73. The normalized spacial score (nSPS) is 26.8. The zero-order valence-corrected chi connectivity index (χ0v) is 17.3. The van der Waals surface area contributed by atoms with Gasteiger partial charge in [0.1, 0.15) is 6.17 Å². The van der Waals surface area contributed by atoms with Crippen LogP contribution >= 0.6 is 0 Å². The minimum absolute atomic E-state index is 0.115. The van der Waals surface area contributed by atoms with Crippen LogP contribution in [-0.4, -0.2) is 40.2 Å². The van der Waals surface area contributed by atoms with Gasteiger partial charge >= 0.3 is 12.3 Å². The third kappa shape index (κ3) is 2.92. The van der Waals surface area contributed by atoms with E-state index in [1.165, 1.54) is 33.5 Å². The predicted molar refractivity (Wildman–Crippen MR) is 102 cm³/mol. The summed E-state index contributed by atoms with van der Waals surface area (Å²) in [6, 6.07) is 5.81. The zero-order valence-electron chi connectivity index (χ0n) is 17.3. The van der Waals surface area contributed by atoms with Gasteiger partial charge in [-0.2, -0.15) is 0 Å². The highest BCUT2D eigenvalue weighted by molar-refractivity contribution is 5.79. The quantitative estimate of drug-likeness (QED) is 0.650. The van der Waals surface area contributed by atoms with Crippen molar-refractivity contribution < 1.29 is 46.4 Å². The summed E-state index contributed by atoms with van der Waals surface area (Å²) in [6.45, 7) is -0.115. The fourth-order valence-corrected chi connectivity index (χ4v) is 4.83. The van der Waals surface area contributed by atoms with Crippen molar-refractivity contribution in [2.75, 3.05) is 27.9 Å². The van der Waals surface area contributed by atoms with E-state index in [2.05, 4.69) is 9.47 Å². The second-order valence-corrected chi connectivity index (χ2v) is 7.75. The number of carbonyl (C=O) groups is 1. The molecule has 4 atom stereocenters. The van der Waals surface area contributed by atoms with Crippen LogP contribution in [0.1, 0.15) is 28.8 Å². The minimum Gasteiger partial charge on any atom is -0.493 e. The molecule has 0 spiro atoms. The highest BCUT2D eigenvalue weighted by Gasteiger charge is 2.54. The number of esters is 1. The third-order valence-corrected chi connectivity index (χ3v) is 6.17. The van der Waals surface area contributed by atoms with Crippen molar-refractivity contribution in [3.05, 3.63) is 41.0 Å². The number of ether oxygens (including phenoxy) is 6. The maximum Gasteiger partial charge on any atom is 0.586 e. The Morgan fingerprint density at radius 3 is 2.09 bits per heavy atom. The molecule has 7 nitrogen and oxygen atoms in total. The van der Waals surface area contributed by atoms with Crippen molar-refractivity contribution in [2.24, 2.45) is 11.8 Å². The van der Waals surface area contributed by atoms with Crippen molar-refractivity contribution in [1.29, 1.82) is 0 Å². The van der Waals surface area contributed by atoms with E-state index in [4.69, 9.17) is 18.9 Å². The molecule has 1 saturated heterocycles. The molecule has 0 unspecified atom stereocenters. The van der Waals surface area contributed by atoms with E-state index in [-0.39, 0.29) is 23.7 Å². The Labute approximate surface area is 180 Å². The first-order chi connectivity index (χ1) is 15.3. The van der Waals surface area contributed by atoms with Gasteiger partial charge in [0.2, 0.25) is 5.75 Å². The molecule has 170 valence electrons. The van der Waals surface area contributed by atoms with E-state index in [1.54, 1.807) is 12.1 Å². The van der Waals surface area contributed by atoms with Crippen molar-refractivity contribution in [3.63, 3.8) is 0 Å². The van der Waals surface area contributed by atoms with Gasteiger partial charge in [-0.3, -0.25) is 4.79 Å².